The van der Waals surface area contributed by atoms with Gasteiger partial charge in [0.1, 0.15) is 11.6 Å². The summed E-state index contributed by atoms with van der Waals surface area (Å²) in [6.07, 6.45) is -2.40. The smallest absolute Gasteiger partial charge is 0.452 e. The van der Waals surface area contributed by atoms with Crippen LogP contribution in [0.15, 0.2) is 77.3 Å². The minimum atomic E-state index is -4.94. The van der Waals surface area contributed by atoms with Crippen molar-refractivity contribution in [2.24, 2.45) is 0 Å². The number of carbonyl (C=O) groups is 3. The zero-order chi connectivity index (χ0) is 31.6. The molecule has 1 N–H and O–H groups in total. The van der Waals surface area contributed by atoms with Gasteiger partial charge >= 0.3 is 12.1 Å². The van der Waals surface area contributed by atoms with Gasteiger partial charge in [0.15, 0.2) is 5.69 Å². The van der Waals surface area contributed by atoms with Gasteiger partial charge in [0.05, 0.1) is 17.6 Å². The van der Waals surface area contributed by atoms with E-state index in [1.807, 2.05) is 0 Å². The number of pyridine rings is 1. The number of hydrogen-bond acceptors (Lipinski definition) is 7. The first-order chi connectivity index (χ1) is 20.8. The average Bonchev–Trinajstić information content (AvgIpc) is 3.66. The maximum atomic E-state index is 13.6. The topological polar surface area (TPSA) is 115 Å². The van der Waals surface area contributed by atoms with Crippen molar-refractivity contribution in [1.82, 2.24) is 14.9 Å². The third-order valence-electron chi connectivity index (χ3n) is 6.76. The van der Waals surface area contributed by atoms with E-state index in [1.165, 1.54) is 29.3 Å². The van der Waals surface area contributed by atoms with Gasteiger partial charge in [-0.05, 0) is 70.0 Å². The van der Waals surface area contributed by atoms with Crippen LogP contribution in [0.1, 0.15) is 60.2 Å². The van der Waals surface area contributed by atoms with Crippen LogP contribution in [0.3, 0.4) is 0 Å². The van der Waals surface area contributed by atoms with Gasteiger partial charge in [-0.3, -0.25) is 14.6 Å². The Bertz CT molecular complexity index is 1660. The van der Waals surface area contributed by atoms with Crippen molar-refractivity contribution in [2.75, 3.05) is 11.9 Å². The van der Waals surface area contributed by atoms with Gasteiger partial charge in [0, 0.05) is 23.2 Å². The first kappa shape index (κ1) is 30.5. The number of benzene rings is 2. The summed E-state index contributed by atoms with van der Waals surface area (Å²) in [6.45, 7) is 5.79. The third-order valence-corrected chi connectivity index (χ3v) is 6.76. The quantitative estimate of drug-likeness (QED) is 0.245. The lowest BCUT2D eigenvalue weighted by Gasteiger charge is -2.27. The molecule has 0 radical (unpaired) electrons. The number of nitrogens with one attached hydrogen (secondary N) is 1. The molecule has 4 aromatic rings. The van der Waals surface area contributed by atoms with Crippen molar-refractivity contribution >= 4 is 23.5 Å². The number of ether oxygens (including phenoxy) is 1. The Morgan fingerprint density at radius 2 is 1.66 bits per heavy atom. The van der Waals surface area contributed by atoms with Crippen molar-refractivity contribution in [1.29, 1.82) is 0 Å². The fourth-order valence-corrected chi connectivity index (χ4v) is 4.77. The number of nitrogens with zero attached hydrogens (tertiary/aromatic N) is 3. The van der Waals surface area contributed by atoms with E-state index in [2.05, 4.69) is 15.3 Å². The molecule has 1 aliphatic heterocycles. The number of rotatable bonds is 6. The van der Waals surface area contributed by atoms with E-state index in [-0.39, 0.29) is 17.5 Å². The van der Waals surface area contributed by atoms with E-state index in [0.717, 1.165) is 0 Å². The van der Waals surface area contributed by atoms with Crippen LogP contribution in [-0.4, -0.2) is 50.8 Å². The second kappa shape index (κ2) is 11.9. The van der Waals surface area contributed by atoms with Crippen molar-refractivity contribution in [2.45, 2.75) is 51.4 Å². The Morgan fingerprint density at radius 1 is 0.955 bits per heavy atom. The summed E-state index contributed by atoms with van der Waals surface area (Å²) in [5.41, 5.74) is 0.439. The molecule has 1 saturated heterocycles. The van der Waals surface area contributed by atoms with E-state index >= 15 is 0 Å². The lowest BCUT2D eigenvalue weighted by atomic mass is 10.1. The van der Waals surface area contributed by atoms with Crippen molar-refractivity contribution in [3.05, 3.63) is 89.9 Å². The number of aromatic nitrogens is 2. The lowest BCUT2D eigenvalue weighted by molar-refractivity contribution is -0.159. The minimum Gasteiger partial charge on any atom is -0.458 e. The van der Waals surface area contributed by atoms with Gasteiger partial charge in [0.25, 0.3) is 11.8 Å². The Morgan fingerprint density at radius 3 is 2.27 bits per heavy atom. The van der Waals surface area contributed by atoms with Crippen LogP contribution in [-0.2, 0) is 15.7 Å². The minimum absolute atomic E-state index is 0.144. The Hall–Kier alpha value is -5.00. The maximum Gasteiger partial charge on any atom is 0.452 e. The number of oxazole rings is 1. The second-order valence-electron chi connectivity index (χ2n) is 11.2. The number of carbonyl (C=O) groups excluding carboxylic acids is 3. The number of hydrogen-bond donors (Lipinski definition) is 1. The molecule has 9 nitrogen and oxygen atoms in total. The molecular weight excluding hydrogens is 577 g/mol. The van der Waals surface area contributed by atoms with Crippen LogP contribution >= 0.6 is 0 Å². The zero-order valence-electron chi connectivity index (χ0n) is 24.1. The largest absolute Gasteiger partial charge is 0.458 e. The fraction of sp³-hybridized carbons (Fsp3) is 0.281. The number of alkyl halides is 3. The first-order valence-electron chi connectivity index (χ1n) is 13.9. The molecule has 228 valence electrons. The Labute approximate surface area is 251 Å². The van der Waals surface area contributed by atoms with E-state index in [1.54, 1.807) is 69.3 Å². The van der Waals surface area contributed by atoms with Gasteiger partial charge in [0.2, 0.25) is 11.7 Å². The third kappa shape index (κ3) is 6.80. The Kier molecular flexibility index (Phi) is 8.27. The van der Waals surface area contributed by atoms with Gasteiger partial charge in [-0.25, -0.2) is 9.78 Å². The van der Waals surface area contributed by atoms with Crippen LogP contribution in [0, 0.1) is 0 Å². The number of amides is 2. The monoisotopic (exact) mass is 606 g/mol. The number of anilines is 1. The molecule has 0 aliphatic carbocycles. The SMILES string of the molecule is CC(C)(C)OC(=O)C1CCCN1C(=O)c1ccc(-c2ccc(NC(=O)c3nc(-c4ccccc4)oc3C(F)(F)F)cn2)cc1. The molecule has 1 aliphatic rings. The highest BCUT2D eigenvalue weighted by Crippen LogP contribution is 2.35. The molecule has 1 fully saturated rings. The van der Waals surface area contributed by atoms with Crippen LogP contribution in [0.4, 0.5) is 18.9 Å². The molecule has 2 aromatic heterocycles. The lowest BCUT2D eigenvalue weighted by Crippen LogP contribution is -2.43. The van der Waals surface area contributed by atoms with E-state index in [9.17, 15) is 27.6 Å². The number of esters is 1. The van der Waals surface area contributed by atoms with Gasteiger partial charge in [-0.15, -0.1) is 0 Å². The summed E-state index contributed by atoms with van der Waals surface area (Å²) < 4.78 is 51.3. The molecular formula is C32H29F3N4O5. The van der Waals surface area contributed by atoms with Crippen LogP contribution in [0.5, 0.6) is 0 Å². The van der Waals surface area contributed by atoms with Crippen molar-refractivity contribution < 1.29 is 36.7 Å². The average molecular weight is 607 g/mol. The van der Waals surface area contributed by atoms with Crippen LogP contribution in [0.2, 0.25) is 0 Å². The molecule has 0 bridgehead atoms. The van der Waals surface area contributed by atoms with E-state index < -0.39 is 41.1 Å². The van der Waals surface area contributed by atoms with Gasteiger partial charge < -0.3 is 19.4 Å². The van der Waals surface area contributed by atoms with E-state index in [4.69, 9.17) is 9.15 Å². The number of halogens is 3. The molecule has 1 atom stereocenters. The predicted octanol–water partition coefficient (Wildman–Crippen LogP) is 6.62. The molecule has 1 unspecified atom stereocenters. The highest BCUT2D eigenvalue weighted by molar-refractivity contribution is 6.04. The van der Waals surface area contributed by atoms with Crippen LogP contribution < -0.4 is 5.32 Å². The van der Waals surface area contributed by atoms with E-state index in [0.29, 0.717) is 41.8 Å². The van der Waals surface area contributed by atoms with Crippen molar-refractivity contribution in [3.63, 3.8) is 0 Å². The van der Waals surface area contributed by atoms with Crippen molar-refractivity contribution in [3.8, 4) is 22.7 Å². The molecule has 0 spiro atoms. The molecule has 2 amide bonds. The highest BCUT2D eigenvalue weighted by atomic mass is 19.4. The summed E-state index contributed by atoms with van der Waals surface area (Å²) in [7, 11) is 0. The molecule has 44 heavy (non-hydrogen) atoms. The predicted molar refractivity (Wildman–Crippen MR) is 154 cm³/mol. The fourth-order valence-electron chi connectivity index (χ4n) is 4.77. The number of likely N-dealkylation sites (tertiary alicyclic amines) is 1. The standard InChI is InChI=1S/C32H29F3N4O5/c1-31(2,3)44-30(42)24-10-7-17-39(24)29(41)21-13-11-19(12-14-21)23-16-15-22(18-36-23)37-27(40)25-26(32(33,34)35)43-28(38-25)20-8-5-4-6-9-20/h4-6,8-9,11-16,18,24H,7,10,17H2,1-3H3,(H,37,40). The molecule has 3 heterocycles. The summed E-state index contributed by atoms with van der Waals surface area (Å²) >= 11 is 0. The van der Waals surface area contributed by atoms with Crippen LogP contribution in [0.25, 0.3) is 22.7 Å². The van der Waals surface area contributed by atoms with Gasteiger partial charge in [-0.2, -0.15) is 13.2 Å². The highest BCUT2D eigenvalue weighted by Gasteiger charge is 2.42. The van der Waals surface area contributed by atoms with Gasteiger partial charge in [-0.1, -0.05) is 30.3 Å². The summed E-state index contributed by atoms with van der Waals surface area (Å²) in [5.74, 6) is -3.64. The maximum absolute atomic E-state index is 13.6. The Balaban J connectivity index is 1.27. The normalized spacial score (nSPS) is 15.2. The molecule has 5 rings (SSSR count). The summed E-state index contributed by atoms with van der Waals surface area (Å²) in [6, 6.07) is 17.0. The summed E-state index contributed by atoms with van der Waals surface area (Å²) in [4.78, 5) is 48.3. The second-order valence-corrected chi connectivity index (χ2v) is 11.2. The molecule has 12 heteroatoms. The summed E-state index contributed by atoms with van der Waals surface area (Å²) in [5, 5.41) is 2.38. The first-order valence-corrected chi connectivity index (χ1v) is 13.9. The molecule has 2 aromatic carbocycles. The molecule has 0 saturated carbocycles. The zero-order valence-corrected chi connectivity index (χ0v) is 24.1.